The second-order valence-electron chi connectivity index (χ2n) is 7.86. The smallest absolute Gasteiger partial charge is 0.411 e. The van der Waals surface area contributed by atoms with Crippen molar-refractivity contribution in [2.75, 3.05) is 31.6 Å². The van der Waals surface area contributed by atoms with Crippen LogP contribution >= 0.6 is 0 Å². The molecule has 2 aromatic carbocycles. The minimum absolute atomic E-state index is 0.0228. The molecule has 3 aromatic rings. The Bertz CT molecular complexity index is 1080. The van der Waals surface area contributed by atoms with E-state index < -0.39 is 6.09 Å². The molecule has 4 rings (SSSR count). The number of ketones is 1. The molecule has 2 heterocycles. The lowest BCUT2D eigenvalue weighted by Crippen LogP contribution is -2.37. The number of aromatic nitrogens is 2. The van der Waals surface area contributed by atoms with Gasteiger partial charge in [0.2, 0.25) is 0 Å². The van der Waals surface area contributed by atoms with E-state index in [2.05, 4.69) is 20.2 Å². The lowest BCUT2D eigenvalue weighted by atomic mass is 9.89. The summed E-state index contributed by atoms with van der Waals surface area (Å²) in [6.45, 7) is 2.76. The lowest BCUT2D eigenvalue weighted by Gasteiger charge is -2.31. The zero-order valence-electron chi connectivity index (χ0n) is 17.7. The summed E-state index contributed by atoms with van der Waals surface area (Å²) in [6, 6.07) is 11.1. The number of amides is 1. The Balaban J connectivity index is 1.14. The SMILES string of the molecule is O=C(Nc1ccc2nccnc2c1)OCCCN1CCC(C(=O)c2ccc(F)cc2)CC1. The van der Waals surface area contributed by atoms with Gasteiger partial charge in [-0.1, -0.05) is 0 Å². The van der Waals surface area contributed by atoms with E-state index >= 15 is 0 Å². The van der Waals surface area contributed by atoms with E-state index in [1.807, 2.05) is 0 Å². The van der Waals surface area contributed by atoms with Crippen LogP contribution in [0.25, 0.3) is 11.0 Å². The van der Waals surface area contributed by atoms with Gasteiger partial charge in [0, 0.05) is 36.1 Å². The summed E-state index contributed by atoms with van der Waals surface area (Å²) in [5.41, 5.74) is 2.64. The zero-order valence-corrected chi connectivity index (χ0v) is 17.7. The Morgan fingerprint density at radius 3 is 2.50 bits per heavy atom. The Morgan fingerprint density at radius 1 is 1.03 bits per heavy atom. The molecule has 1 N–H and O–H groups in total. The third-order valence-corrected chi connectivity index (χ3v) is 5.65. The first-order chi connectivity index (χ1) is 15.6. The van der Waals surface area contributed by atoms with Gasteiger partial charge in [0.15, 0.2) is 5.78 Å². The molecule has 0 bridgehead atoms. The maximum absolute atomic E-state index is 13.0. The molecule has 1 fully saturated rings. The molecular weight excluding hydrogens is 411 g/mol. The van der Waals surface area contributed by atoms with Crippen molar-refractivity contribution in [3.05, 3.63) is 66.2 Å². The number of anilines is 1. The molecule has 1 aliphatic heterocycles. The largest absolute Gasteiger partial charge is 0.449 e. The number of fused-ring (bicyclic) bond motifs is 1. The minimum Gasteiger partial charge on any atom is -0.449 e. The first-order valence-corrected chi connectivity index (χ1v) is 10.8. The van der Waals surface area contributed by atoms with Gasteiger partial charge in [-0.25, -0.2) is 9.18 Å². The summed E-state index contributed by atoms with van der Waals surface area (Å²) in [7, 11) is 0. The van der Waals surface area contributed by atoms with Crippen molar-refractivity contribution < 1.29 is 18.7 Å². The quantitative estimate of drug-likeness (QED) is 0.439. The Morgan fingerprint density at radius 2 is 1.75 bits per heavy atom. The highest BCUT2D eigenvalue weighted by Gasteiger charge is 2.25. The van der Waals surface area contributed by atoms with Crippen molar-refractivity contribution >= 4 is 28.6 Å². The van der Waals surface area contributed by atoms with Crippen LogP contribution in [0.3, 0.4) is 0 Å². The van der Waals surface area contributed by atoms with Crippen molar-refractivity contribution in [3.63, 3.8) is 0 Å². The summed E-state index contributed by atoms with van der Waals surface area (Å²) in [6.07, 6.45) is 5.00. The standard InChI is InChI=1S/C24H25FN4O3/c25-19-4-2-17(3-5-19)23(30)18-8-13-29(14-9-18)12-1-15-32-24(31)28-20-6-7-21-22(16-20)27-11-10-26-21/h2-7,10-11,16,18H,1,8-9,12-15H2,(H,28,31). The molecule has 0 saturated carbocycles. The molecule has 1 aliphatic rings. The van der Waals surface area contributed by atoms with Crippen LogP contribution in [0.1, 0.15) is 29.6 Å². The number of carbonyl (C=O) groups excluding carboxylic acids is 2. The number of hydrogen-bond acceptors (Lipinski definition) is 6. The number of nitrogens with zero attached hydrogens (tertiary/aromatic N) is 3. The predicted molar refractivity (Wildman–Crippen MR) is 119 cm³/mol. The number of nitrogens with one attached hydrogen (secondary N) is 1. The average Bonchev–Trinajstić information content (AvgIpc) is 2.82. The maximum Gasteiger partial charge on any atom is 0.411 e. The van der Waals surface area contributed by atoms with Crippen LogP contribution in [-0.2, 0) is 4.74 Å². The van der Waals surface area contributed by atoms with Crippen LogP contribution in [0.4, 0.5) is 14.9 Å². The fraction of sp³-hybridized carbons (Fsp3) is 0.333. The monoisotopic (exact) mass is 436 g/mol. The minimum atomic E-state index is -0.503. The summed E-state index contributed by atoms with van der Waals surface area (Å²) >= 11 is 0. The second kappa shape index (κ2) is 10.3. The normalized spacial score (nSPS) is 14.9. The fourth-order valence-corrected chi connectivity index (χ4v) is 3.92. The number of hydrogen-bond donors (Lipinski definition) is 1. The number of rotatable bonds is 7. The molecular formula is C24H25FN4O3. The Hall–Kier alpha value is -3.39. The van der Waals surface area contributed by atoms with Gasteiger partial charge in [0.05, 0.1) is 17.6 Å². The number of piperidine rings is 1. The number of ether oxygens (including phenoxy) is 1. The molecule has 1 aromatic heterocycles. The van der Waals surface area contributed by atoms with E-state index in [1.54, 1.807) is 42.7 Å². The van der Waals surface area contributed by atoms with Gasteiger partial charge in [-0.15, -0.1) is 0 Å². The van der Waals surface area contributed by atoms with Crippen molar-refractivity contribution in [2.45, 2.75) is 19.3 Å². The van der Waals surface area contributed by atoms with E-state index in [0.717, 1.165) is 38.0 Å². The summed E-state index contributed by atoms with van der Waals surface area (Å²) < 4.78 is 18.3. The van der Waals surface area contributed by atoms with Crippen molar-refractivity contribution in [1.29, 1.82) is 0 Å². The highest BCUT2D eigenvalue weighted by molar-refractivity contribution is 5.97. The van der Waals surface area contributed by atoms with E-state index in [-0.39, 0.29) is 17.5 Å². The third kappa shape index (κ3) is 5.64. The topological polar surface area (TPSA) is 84.4 Å². The summed E-state index contributed by atoms with van der Waals surface area (Å²) in [4.78, 5) is 35.3. The number of likely N-dealkylation sites (tertiary alicyclic amines) is 1. The van der Waals surface area contributed by atoms with Crippen LogP contribution in [-0.4, -0.2) is 53.0 Å². The van der Waals surface area contributed by atoms with Crippen LogP contribution < -0.4 is 5.32 Å². The molecule has 32 heavy (non-hydrogen) atoms. The van der Waals surface area contributed by atoms with Gasteiger partial charge in [-0.3, -0.25) is 20.1 Å². The molecule has 0 aliphatic carbocycles. The number of benzene rings is 2. The maximum atomic E-state index is 13.0. The van der Waals surface area contributed by atoms with Gasteiger partial charge >= 0.3 is 6.09 Å². The van der Waals surface area contributed by atoms with Gasteiger partial charge in [-0.2, -0.15) is 0 Å². The third-order valence-electron chi connectivity index (χ3n) is 5.65. The van der Waals surface area contributed by atoms with Gasteiger partial charge in [0.25, 0.3) is 0 Å². The van der Waals surface area contributed by atoms with Crippen LogP contribution in [0, 0.1) is 11.7 Å². The number of carbonyl (C=O) groups is 2. The molecule has 0 spiro atoms. The summed E-state index contributed by atoms with van der Waals surface area (Å²) in [5.74, 6) is -0.270. The molecule has 0 unspecified atom stereocenters. The van der Waals surface area contributed by atoms with E-state index in [0.29, 0.717) is 29.8 Å². The van der Waals surface area contributed by atoms with Gasteiger partial charge in [0.1, 0.15) is 5.82 Å². The predicted octanol–water partition coefficient (Wildman–Crippen LogP) is 4.30. The van der Waals surface area contributed by atoms with Gasteiger partial charge < -0.3 is 9.64 Å². The van der Waals surface area contributed by atoms with E-state index in [4.69, 9.17) is 4.74 Å². The summed E-state index contributed by atoms with van der Waals surface area (Å²) in [5, 5.41) is 2.71. The Labute approximate surface area is 185 Å². The molecule has 0 radical (unpaired) electrons. The molecule has 8 heteroatoms. The first kappa shape index (κ1) is 21.8. The van der Waals surface area contributed by atoms with Crippen molar-refractivity contribution in [1.82, 2.24) is 14.9 Å². The molecule has 1 amide bonds. The molecule has 7 nitrogen and oxygen atoms in total. The number of halogens is 1. The van der Waals surface area contributed by atoms with E-state index in [1.165, 1.54) is 12.1 Å². The van der Waals surface area contributed by atoms with Crippen molar-refractivity contribution in [3.8, 4) is 0 Å². The first-order valence-electron chi connectivity index (χ1n) is 10.8. The van der Waals surface area contributed by atoms with Crippen molar-refractivity contribution in [2.24, 2.45) is 5.92 Å². The number of Topliss-reactive ketones (excluding diaryl/α,β-unsaturated/α-hetero) is 1. The fourth-order valence-electron chi connectivity index (χ4n) is 3.92. The lowest BCUT2D eigenvalue weighted by molar-refractivity contribution is 0.0830. The van der Waals surface area contributed by atoms with Crippen LogP contribution in [0.15, 0.2) is 54.9 Å². The van der Waals surface area contributed by atoms with Crippen LogP contribution in [0.5, 0.6) is 0 Å². The molecule has 0 atom stereocenters. The average molecular weight is 436 g/mol. The second-order valence-corrected chi connectivity index (χ2v) is 7.86. The van der Waals surface area contributed by atoms with Crippen LogP contribution in [0.2, 0.25) is 0 Å². The molecule has 1 saturated heterocycles. The highest BCUT2D eigenvalue weighted by Crippen LogP contribution is 2.22. The zero-order chi connectivity index (χ0) is 22.3. The Kier molecular flexibility index (Phi) is 7.01. The van der Waals surface area contributed by atoms with E-state index in [9.17, 15) is 14.0 Å². The van der Waals surface area contributed by atoms with Gasteiger partial charge in [-0.05, 0) is 74.8 Å². The molecule has 166 valence electrons. The highest BCUT2D eigenvalue weighted by atomic mass is 19.1.